The van der Waals surface area contributed by atoms with E-state index >= 15 is 0 Å². The van der Waals surface area contributed by atoms with Crippen LogP contribution in [0.5, 0.6) is 5.75 Å². The number of nitriles is 1. The number of fused-ring (bicyclic) bond motifs is 1. The number of rotatable bonds is 9. The molecule has 1 aliphatic rings. The van der Waals surface area contributed by atoms with Crippen molar-refractivity contribution in [3.8, 4) is 34.7 Å². The van der Waals surface area contributed by atoms with E-state index in [1.165, 1.54) is 11.1 Å². The minimum absolute atomic E-state index is 0.0145. The van der Waals surface area contributed by atoms with Crippen LogP contribution >= 0.6 is 0 Å². The number of ketones is 1. The first-order chi connectivity index (χ1) is 17.8. The summed E-state index contributed by atoms with van der Waals surface area (Å²) < 4.78 is 11.2. The van der Waals surface area contributed by atoms with Crippen molar-refractivity contribution in [3.63, 3.8) is 0 Å². The minimum Gasteiger partial charge on any atom is -0.490 e. The molecule has 8 nitrogen and oxygen atoms in total. The quantitative estimate of drug-likeness (QED) is 0.457. The van der Waals surface area contributed by atoms with Gasteiger partial charge in [-0.2, -0.15) is 10.2 Å². The standard InChI is InChI=1S/C29H34N4O4/c1-18(2)36-27-8-7-24(15-25(27)16-30)29-31-28(32-37-29)23-6-5-21-9-11-33(12-10-22(21)14-23)20(4)26(35)13-19(3)17-34/h5-8,14-15,18-20,34H,9-13,17H2,1-4H3/t19-,20?/m0/s1. The highest BCUT2D eigenvalue weighted by Crippen LogP contribution is 2.29. The minimum atomic E-state index is -0.168. The van der Waals surface area contributed by atoms with E-state index in [2.05, 4.69) is 33.2 Å². The van der Waals surface area contributed by atoms with Crippen molar-refractivity contribution in [2.45, 2.75) is 59.1 Å². The summed E-state index contributed by atoms with van der Waals surface area (Å²) in [6.07, 6.45) is 2.05. The number of carbonyl (C=O) groups is 1. The number of nitrogens with zero attached hydrogens (tertiary/aromatic N) is 4. The molecule has 0 spiro atoms. The fraction of sp³-hybridized carbons (Fsp3) is 0.448. The van der Waals surface area contributed by atoms with Crippen molar-refractivity contribution in [1.82, 2.24) is 15.0 Å². The van der Waals surface area contributed by atoms with Gasteiger partial charge in [0.05, 0.1) is 17.7 Å². The van der Waals surface area contributed by atoms with E-state index in [1.54, 1.807) is 12.1 Å². The molecule has 2 atom stereocenters. The molecule has 37 heavy (non-hydrogen) atoms. The molecule has 3 aromatic rings. The van der Waals surface area contributed by atoms with E-state index in [0.717, 1.165) is 31.5 Å². The molecule has 1 aromatic heterocycles. The smallest absolute Gasteiger partial charge is 0.258 e. The van der Waals surface area contributed by atoms with Gasteiger partial charge in [0.15, 0.2) is 0 Å². The molecule has 0 saturated carbocycles. The lowest BCUT2D eigenvalue weighted by molar-refractivity contribution is -0.124. The number of aliphatic hydroxyl groups is 1. The van der Waals surface area contributed by atoms with Gasteiger partial charge in [-0.1, -0.05) is 24.2 Å². The van der Waals surface area contributed by atoms with E-state index < -0.39 is 0 Å². The first-order valence-corrected chi connectivity index (χ1v) is 12.8. The monoisotopic (exact) mass is 502 g/mol. The van der Waals surface area contributed by atoms with Gasteiger partial charge in [-0.3, -0.25) is 9.69 Å². The normalized spacial score (nSPS) is 15.5. The lowest BCUT2D eigenvalue weighted by Crippen LogP contribution is -2.41. The maximum atomic E-state index is 12.7. The summed E-state index contributed by atoms with van der Waals surface area (Å²) in [7, 11) is 0. The van der Waals surface area contributed by atoms with Crippen LogP contribution in [-0.4, -0.2) is 57.8 Å². The third kappa shape index (κ3) is 6.24. The van der Waals surface area contributed by atoms with Crippen LogP contribution in [0, 0.1) is 17.2 Å². The van der Waals surface area contributed by atoms with Gasteiger partial charge in [-0.05, 0) is 74.9 Å². The highest BCUT2D eigenvalue weighted by molar-refractivity contribution is 5.83. The fourth-order valence-electron chi connectivity index (χ4n) is 4.62. The number of carbonyl (C=O) groups excluding carboxylic acids is 1. The molecule has 8 heteroatoms. The zero-order valence-corrected chi connectivity index (χ0v) is 21.9. The molecule has 194 valence electrons. The molecule has 0 bridgehead atoms. The molecule has 0 radical (unpaired) electrons. The largest absolute Gasteiger partial charge is 0.490 e. The zero-order valence-electron chi connectivity index (χ0n) is 21.9. The van der Waals surface area contributed by atoms with Gasteiger partial charge in [-0.25, -0.2) is 0 Å². The molecule has 1 unspecified atom stereocenters. The Morgan fingerprint density at radius 1 is 1.11 bits per heavy atom. The van der Waals surface area contributed by atoms with Crippen LogP contribution in [0.3, 0.4) is 0 Å². The third-order valence-electron chi connectivity index (χ3n) is 6.81. The predicted octanol–water partition coefficient (Wildman–Crippen LogP) is 4.44. The van der Waals surface area contributed by atoms with Crippen molar-refractivity contribution in [1.29, 1.82) is 5.26 Å². The summed E-state index contributed by atoms with van der Waals surface area (Å²) in [4.78, 5) is 19.5. The number of aliphatic hydroxyl groups excluding tert-OH is 1. The first-order valence-electron chi connectivity index (χ1n) is 12.8. The van der Waals surface area contributed by atoms with Crippen LogP contribution in [0.4, 0.5) is 0 Å². The van der Waals surface area contributed by atoms with Gasteiger partial charge in [0.25, 0.3) is 5.89 Å². The number of aromatic nitrogens is 2. The van der Waals surface area contributed by atoms with Crippen molar-refractivity contribution in [2.24, 2.45) is 5.92 Å². The van der Waals surface area contributed by atoms with Gasteiger partial charge in [-0.15, -0.1) is 0 Å². The van der Waals surface area contributed by atoms with E-state index in [1.807, 2.05) is 39.8 Å². The number of benzene rings is 2. The summed E-state index contributed by atoms with van der Waals surface area (Å²) in [5.41, 5.74) is 4.42. The van der Waals surface area contributed by atoms with Gasteiger partial charge >= 0.3 is 0 Å². The average molecular weight is 503 g/mol. The molecule has 0 amide bonds. The first kappa shape index (κ1) is 26.5. The second kappa shape index (κ2) is 11.7. The Balaban J connectivity index is 1.49. The van der Waals surface area contributed by atoms with Crippen LogP contribution in [0.2, 0.25) is 0 Å². The molecule has 2 heterocycles. The van der Waals surface area contributed by atoms with Crippen molar-refractivity contribution < 1.29 is 19.2 Å². The van der Waals surface area contributed by atoms with Crippen LogP contribution in [-0.2, 0) is 17.6 Å². The van der Waals surface area contributed by atoms with Crippen LogP contribution in [0.15, 0.2) is 40.9 Å². The molecular weight excluding hydrogens is 468 g/mol. The van der Waals surface area contributed by atoms with E-state index in [-0.39, 0.29) is 30.5 Å². The number of hydrogen-bond donors (Lipinski definition) is 1. The molecule has 1 aliphatic heterocycles. The average Bonchev–Trinajstić information content (AvgIpc) is 3.29. The Labute approximate surface area is 217 Å². The maximum Gasteiger partial charge on any atom is 0.258 e. The zero-order chi connectivity index (χ0) is 26.5. The van der Waals surface area contributed by atoms with E-state index in [0.29, 0.717) is 35.0 Å². The summed E-state index contributed by atoms with van der Waals surface area (Å²) >= 11 is 0. The van der Waals surface area contributed by atoms with Crippen LogP contribution in [0.1, 0.15) is 50.8 Å². The van der Waals surface area contributed by atoms with E-state index in [9.17, 15) is 15.2 Å². The lowest BCUT2D eigenvalue weighted by atomic mass is 10.00. The van der Waals surface area contributed by atoms with Crippen molar-refractivity contribution in [3.05, 3.63) is 53.1 Å². The summed E-state index contributed by atoms with van der Waals surface area (Å²) in [5.74, 6) is 1.52. The number of Topliss-reactive ketones (excluding diaryl/α,β-unsaturated/α-hetero) is 1. The Hall–Kier alpha value is -3.54. The summed E-state index contributed by atoms with van der Waals surface area (Å²) in [6.45, 7) is 9.32. The summed E-state index contributed by atoms with van der Waals surface area (Å²) in [6, 6.07) is 13.5. The van der Waals surface area contributed by atoms with Crippen molar-refractivity contribution in [2.75, 3.05) is 19.7 Å². The Morgan fingerprint density at radius 3 is 2.54 bits per heavy atom. The molecule has 4 rings (SSSR count). The second-order valence-electron chi connectivity index (χ2n) is 10.1. The van der Waals surface area contributed by atoms with Gasteiger partial charge in [0.2, 0.25) is 5.82 Å². The molecule has 0 saturated heterocycles. The lowest BCUT2D eigenvalue weighted by Gasteiger charge is -2.27. The molecule has 0 fully saturated rings. The Bertz CT molecular complexity index is 1290. The molecular formula is C29H34N4O4. The second-order valence-corrected chi connectivity index (χ2v) is 10.1. The highest BCUT2D eigenvalue weighted by Gasteiger charge is 2.25. The predicted molar refractivity (Wildman–Crippen MR) is 140 cm³/mol. The highest BCUT2D eigenvalue weighted by atomic mass is 16.5. The van der Waals surface area contributed by atoms with E-state index in [4.69, 9.17) is 9.26 Å². The van der Waals surface area contributed by atoms with Crippen molar-refractivity contribution >= 4 is 5.78 Å². The van der Waals surface area contributed by atoms with Crippen LogP contribution in [0.25, 0.3) is 22.8 Å². The number of hydrogen-bond acceptors (Lipinski definition) is 8. The molecule has 1 N–H and O–H groups in total. The van der Waals surface area contributed by atoms with Crippen LogP contribution < -0.4 is 4.74 Å². The van der Waals surface area contributed by atoms with Gasteiger partial charge in [0.1, 0.15) is 17.6 Å². The maximum absolute atomic E-state index is 12.7. The third-order valence-corrected chi connectivity index (χ3v) is 6.81. The summed E-state index contributed by atoms with van der Waals surface area (Å²) in [5, 5.41) is 23.0. The van der Waals surface area contributed by atoms with Gasteiger partial charge < -0.3 is 14.4 Å². The fourth-order valence-corrected chi connectivity index (χ4v) is 4.62. The Morgan fingerprint density at radius 2 is 1.84 bits per heavy atom. The molecule has 0 aliphatic carbocycles. The topological polar surface area (TPSA) is 112 Å². The van der Waals surface area contributed by atoms with Gasteiger partial charge in [0, 0.05) is 37.2 Å². The molecule has 2 aromatic carbocycles. The Kier molecular flexibility index (Phi) is 8.37. The number of ether oxygens (including phenoxy) is 1. The SMILES string of the molecule is CC(C)Oc1ccc(-c2nc(-c3ccc4c(c3)CCN(C(C)C(=O)C[C@H](C)CO)CC4)no2)cc1C#N.